The number of aromatic amines is 1. The minimum Gasteiger partial charge on any atom is -0.363 e. The molecule has 0 spiro atoms. The second kappa shape index (κ2) is 1.86. The summed E-state index contributed by atoms with van der Waals surface area (Å²) in [6, 6.07) is 4.07. The minimum absolute atomic E-state index is 0.0104. The monoisotopic (exact) mass is 136 g/mol. The Morgan fingerprint density at radius 1 is 1.50 bits per heavy atom. The molecular weight excluding hydrogens is 124 g/mol. The first-order valence-corrected chi connectivity index (χ1v) is 3.74. The first-order valence-electron chi connectivity index (χ1n) is 3.74. The van der Waals surface area contributed by atoms with Gasteiger partial charge >= 0.3 is 0 Å². The van der Waals surface area contributed by atoms with Crippen molar-refractivity contribution in [3.63, 3.8) is 0 Å². The predicted octanol–water partition coefficient (Wildman–Crippen LogP) is 1.35. The molecule has 2 nitrogen and oxygen atoms in total. The van der Waals surface area contributed by atoms with E-state index in [0.29, 0.717) is 0 Å². The zero-order chi connectivity index (χ0) is 7.03. The lowest BCUT2D eigenvalue weighted by Crippen LogP contribution is -2.43. The zero-order valence-electron chi connectivity index (χ0n) is 5.93. The van der Waals surface area contributed by atoms with E-state index in [4.69, 9.17) is 5.73 Å². The van der Waals surface area contributed by atoms with Crippen LogP contribution in [-0.2, 0) is 5.54 Å². The van der Waals surface area contributed by atoms with Gasteiger partial charge in [0.1, 0.15) is 0 Å². The molecule has 1 fully saturated rings. The Morgan fingerprint density at radius 2 is 2.30 bits per heavy atom. The van der Waals surface area contributed by atoms with Crippen molar-refractivity contribution in [3.8, 4) is 0 Å². The summed E-state index contributed by atoms with van der Waals surface area (Å²) in [5.41, 5.74) is 7.22. The first-order chi connectivity index (χ1) is 4.81. The molecule has 1 aromatic rings. The Labute approximate surface area is 60.4 Å². The van der Waals surface area contributed by atoms with Gasteiger partial charge in [0.2, 0.25) is 0 Å². The molecule has 0 aliphatic heterocycles. The maximum Gasteiger partial charge on any atom is 0.0561 e. The molecule has 1 aliphatic carbocycles. The summed E-state index contributed by atoms with van der Waals surface area (Å²) in [6.07, 6.45) is 5.47. The molecule has 0 atom stereocenters. The van der Waals surface area contributed by atoms with E-state index in [0.717, 1.165) is 12.8 Å². The van der Waals surface area contributed by atoms with Crippen molar-refractivity contribution in [1.82, 2.24) is 4.98 Å². The molecule has 0 bridgehead atoms. The molecule has 0 amide bonds. The van der Waals surface area contributed by atoms with E-state index in [1.165, 1.54) is 12.1 Å². The lowest BCUT2D eigenvalue weighted by Gasteiger charge is -2.37. The Morgan fingerprint density at radius 3 is 2.70 bits per heavy atom. The van der Waals surface area contributed by atoms with Gasteiger partial charge in [-0.05, 0) is 31.4 Å². The molecular formula is C8H12N2. The highest BCUT2D eigenvalue weighted by Gasteiger charge is 2.34. The van der Waals surface area contributed by atoms with Crippen LogP contribution < -0.4 is 5.73 Å². The van der Waals surface area contributed by atoms with Crippen molar-refractivity contribution in [1.29, 1.82) is 0 Å². The summed E-state index contributed by atoms with van der Waals surface area (Å²) in [6.45, 7) is 0. The van der Waals surface area contributed by atoms with Crippen molar-refractivity contribution >= 4 is 0 Å². The highest BCUT2D eigenvalue weighted by molar-refractivity contribution is 5.18. The van der Waals surface area contributed by atoms with Crippen LogP contribution in [0, 0.1) is 0 Å². The van der Waals surface area contributed by atoms with E-state index in [1.807, 2.05) is 12.3 Å². The van der Waals surface area contributed by atoms with E-state index in [2.05, 4.69) is 11.1 Å². The third kappa shape index (κ3) is 0.688. The molecule has 0 saturated heterocycles. The van der Waals surface area contributed by atoms with Gasteiger partial charge in [-0.15, -0.1) is 0 Å². The number of aromatic nitrogens is 1. The van der Waals surface area contributed by atoms with Crippen LogP contribution in [-0.4, -0.2) is 4.98 Å². The fourth-order valence-corrected chi connectivity index (χ4v) is 1.47. The lowest BCUT2D eigenvalue weighted by atomic mass is 9.75. The van der Waals surface area contributed by atoms with Crippen LogP contribution in [0.5, 0.6) is 0 Å². The Hall–Kier alpha value is -0.760. The van der Waals surface area contributed by atoms with Gasteiger partial charge in [0.25, 0.3) is 0 Å². The second-order valence-corrected chi connectivity index (χ2v) is 3.09. The molecule has 1 aromatic heterocycles. The molecule has 10 heavy (non-hydrogen) atoms. The Bertz CT molecular complexity index is 209. The third-order valence-electron chi connectivity index (χ3n) is 2.38. The molecule has 3 N–H and O–H groups in total. The molecule has 0 radical (unpaired) electrons. The van der Waals surface area contributed by atoms with Gasteiger partial charge in [-0.3, -0.25) is 0 Å². The van der Waals surface area contributed by atoms with Crippen molar-refractivity contribution in [2.45, 2.75) is 24.8 Å². The summed E-state index contributed by atoms with van der Waals surface area (Å²) >= 11 is 0. The van der Waals surface area contributed by atoms with E-state index >= 15 is 0 Å². The maximum absolute atomic E-state index is 6.04. The van der Waals surface area contributed by atoms with Gasteiger partial charge < -0.3 is 10.7 Å². The largest absolute Gasteiger partial charge is 0.363 e. The third-order valence-corrected chi connectivity index (χ3v) is 2.38. The number of rotatable bonds is 1. The predicted molar refractivity (Wildman–Crippen MR) is 40.5 cm³/mol. The van der Waals surface area contributed by atoms with E-state index < -0.39 is 0 Å². The Kier molecular flexibility index (Phi) is 1.11. The molecule has 0 aromatic carbocycles. The molecule has 0 unspecified atom stereocenters. The SMILES string of the molecule is NC1(c2ccc[nH]2)CCC1. The Balaban J connectivity index is 2.27. The van der Waals surface area contributed by atoms with Crippen LogP contribution in [0.4, 0.5) is 0 Å². The average Bonchev–Trinajstić information content (AvgIpc) is 2.33. The van der Waals surface area contributed by atoms with E-state index in [1.54, 1.807) is 0 Å². The molecule has 54 valence electrons. The average molecular weight is 136 g/mol. The summed E-state index contributed by atoms with van der Waals surface area (Å²) in [5.74, 6) is 0. The molecule has 2 rings (SSSR count). The quantitative estimate of drug-likeness (QED) is 0.601. The summed E-state index contributed by atoms with van der Waals surface area (Å²) in [5, 5.41) is 0. The van der Waals surface area contributed by atoms with E-state index in [9.17, 15) is 0 Å². The number of hydrogen-bond donors (Lipinski definition) is 2. The highest BCUT2D eigenvalue weighted by atomic mass is 14.9. The minimum atomic E-state index is -0.0104. The van der Waals surface area contributed by atoms with Crippen LogP contribution in [0.15, 0.2) is 18.3 Å². The zero-order valence-corrected chi connectivity index (χ0v) is 5.93. The molecule has 1 saturated carbocycles. The van der Waals surface area contributed by atoms with Crippen molar-refractivity contribution in [2.75, 3.05) is 0 Å². The second-order valence-electron chi connectivity index (χ2n) is 3.09. The van der Waals surface area contributed by atoms with Crippen molar-refractivity contribution in [2.24, 2.45) is 5.73 Å². The maximum atomic E-state index is 6.04. The van der Waals surface area contributed by atoms with Crippen LogP contribution in [0.3, 0.4) is 0 Å². The van der Waals surface area contributed by atoms with Gasteiger partial charge in [0.05, 0.1) is 5.54 Å². The van der Waals surface area contributed by atoms with Crippen molar-refractivity contribution < 1.29 is 0 Å². The normalized spacial score (nSPS) is 22.1. The summed E-state index contributed by atoms with van der Waals surface area (Å²) < 4.78 is 0. The van der Waals surface area contributed by atoms with Crippen LogP contribution in [0.1, 0.15) is 25.0 Å². The standard InChI is InChI=1S/C8H12N2/c9-8(4-2-5-8)7-3-1-6-10-7/h1,3,6,10H,2,4-5,9H2. The number of H-pyrrole nitrogens is 1. The fourth-order valence-electron chi connectivity index (χ4n) is 1.47. The number of hydrogen-bond acceptors (Lipinski definition) is 1. The van der Waals surface area contributed by atoms with E-state index in [-0.39, 0.29) is 5.54 Å². The number of nitrogens with one attached hydrogen (secondary N) is 1. The van der Waals surface area contributed by atoms with Crippen molar-refractivity contribution in [3.05, 3.63) is 24.0 Å². The van der Waals surface area contributed by atoms with Gasteiger partial charge in [-0.2, -0.15) is 0 Å². The summed E-state index contributed by atoms with van der Waals surface area (Å²) in [4.78, 5) is 3.15. The smallest absolute Gasteiger partial charge is 0.0561 e. The first kappa shape index (κ1) is 5.98. The molecule has 1 heterocycles. The van der Waals surface area contributed by atoms with Gasteiger partial charge in [-0.1, -0.05) is 0 Å². The molecule has 2 heteroatoms. The molecule has 1 aliphatic rings. The lowest BCUT2D eigenvalue weighted by molar-refractivity contribution is 0.247. The van der Waals surface area contributed by atoms with Crippen LogP contribution in [0.2, 0.25) is 0 Å². The summed E-state index contributed by atoms with van der Waals surface area (Å²) in [7, 11) is 0. The van der Waals surface area contributed by atoms with Crippen LogP contribution in [0.25, 0.3) is 0 Å². The fraction of sp³-hybridized carbons (Fsp3) is 0.500. The topological polar surface area (TPSA) is 41.8 Å². The highest BCUT2D eigenvalue weighted by Crippen LogP contribution is 2.37. The van der Waals surface area contributed by atoms with Gasteiger partial charge in [0.15, 0.2) is 0 Å². The number of nitrogens with two attached hydrogens (primary N) is 1. The van der Waals surface area contributed by atoms with Gasteiger partial charge in [-0.25, -0.2) is 0 Å². The van der Waals surface area contributed by atoms with Crippen LogP contribution >= 0.6 is 0 Å². The van der Waals surface area contributed by atoms with Gasteiger partial charge in [0, 0.05) is 11.9 Å².